The number of carbonyl (C=O) groups is 1. The summed E-state index contributed by atoms with van der Waals surface area (Å²) >= 11 is 0. The number of rotatable bonds is 4. The Morgan fingerprint density at radius 3 is 2.84 bits per heavy atom. The second-order valence-electron chi connectivity index (χ2n) is 6.39. The standard InChI is InChI=1S/C20H20N4O/c25-20(17-9-8-15-5-1-2-6-16(15)11-17)23-19-12-22-24(14-19)13-18-7-3-4-10-21-18/h3-4,7-12,14H,1-2,5-6,13H2,(H,23,25). The molecule has 2 aromatic heterocycles. The second-order valence-corrected chi connectivity index (χ2v) is 6.39. The lowest BCUT2D eigenvalue weighted by Gasteiger charge is -2.16. The normalized spacial score (nSPS) is 13.3. The highest BCUT2D eigenvalue weighted by Gasteiger charge is 2.13. The smallest absolute Gasteiger partial charge is 0.255 e. The van der Waals surface area contributed by atoms with Crippen molar-refractivity contribution in [1.29, 1.82) is 0 Å². The third kappa shape index (κ3) is 3.60. The van der Waals surface area contributed by atoms with Crippen LogP contribution in [0.25, 0.3) is 0 Å². The zero-order valence-corrected chi connectivity index (χ0v) is 14.0. The Balaban J connectivity index is 1.44. The molecule has 5 nitrogen and oxygen atoms in total. The lowest BCUT2D eigenvalue weighted by Crippen LogP contribution is -2.13. The van der Waals surface area contributed by atoms with E-state index in [1.165, 1.54) is 24.0 Å². The molecule has 1 amide bonds. The number of nitrogens with zero attached hydrogens (tertiary/aromatic N) is 3. The number of anilines is 1. The molecule has 2 heterocycles. The Labute approximate surface area is 146 Å². The lowest BCUT2D eigenvalue weighted by atomic mass is 9.90. The minimum atomic E-state index is -0.0919. The maximum absolute atomic E-state index is 12.5. The van der Waals surface area contributed by atoms with Crippen molar-refractivity contribution in [2.24, 2.45) is 0 Å². The van der Waals surface area contributed by atoms with Crippen molar-refractivity contribution < 1.29 is 4.79 Å². The van der Waals surface area contributed by atoms with Crippen LogP contribution in [0.4, 0.5) is 5.69 Å². The summed E-state index contributed by atoms with van der Waals surface area (Å²) in [5.41, 5.74) is 5.02. The van der Waals surface area contributed by atoms with Gasteiger partial charge in [-0.05, 0) is 61.1 Å². The second kappa shape index (κ2) is 6.89. The minimum Gasteiger partial charge on any atom is -0.319 e. The van der Waals surface area contributed by atoms with Crippen LogP contribution in [0.15, 0.2) is 55.0 Å². The van der Waals surface area contributed by atoms with Gasteiger partial charge in [-0.25, -0.2) is 0 Å². The summed E-state index contributed by atoms with van der Waals surface area (Å²) in [6.45, 7) is 0.579. The average Bonchev–Trinajstić information content (AvgIpc) is 3.09. The van der Waals surface area contributed by atoms with Gasteiger partial charge in [0.1, 0.15) is 0 Å². The van der Waals surface area contributed by atoms with E-state index in [4.69, 9.17) is 0 Å². The van der Waals surface area contributed by atoms with Gasteiger partial charge in [-0.3, -0.25) is 14.5 Å². The van der Waals surface area contributed by atoms with E-state index in [0.29, 0.717) is 17.8 Å². The zero-order chi connectivity index (χ0) is 17.1. The maximum atomic E-state index is 12.5. The van der Waals surface area contributed by atoms with Crippen LogP contribution in [0, 0.1) is 0 Å². The molecular weight excluding hydrogens is 312 g/mol. The Bertz CT molecular complexity index is 886. The van der Waals surface area contributed by atoms with E-state index in [9.17, 15) is 4.79 Å². The number of carbonyl (C=O) groups excluding carboxylic acids is 1. The van der Waals surface area contributed by atoms with Crippen molar-refractivity contribution in [2.75, 3.05) is 5.32 Å². The quantitative estimate of drug-likeness (QED) is 0.796. The molecule has 0 bridgehead atoms. The molecule has 0 fully saturated rings. The molecule has 1 N–H and O–H groups in total. The Morgan fingerprint density at radius 1 is 1.12 bits per heavy atom. The van der Waals surface area contributed by atoms with Crippen LogP contribution in [-0.4, -0.2) is 20.7 Å². The van der Waals surface area contributed by atoms with Gasteiger partial charge in [-0.15, -0.1) is 0 Å². The third-order valence-corrected chi connectivity index (χ3v) is 4.55. The lowest BCUT2D eigenvalue weighted by molar-refractivity contribution is 0.102. The first-order valence-electron chi connectivity index (χ1n) is 8.63. The molecule has 5 heteroatoms. The summed E-state index contributed by atoms with van der Waals surface area (Å²) in [7, 11) is 0. The molecule has 25 heavy (non-hydrogen) atoms. The van der Waals surface area contributed by atoms with Crippen LogP contribution in [-0.2, 0) is 19.4 Å². The van der Waals surface area contributed by atoms with Gasteiger partial charge in [-0.1, -0.05) is 12.1 Å². The molecule has 0 aliphatic heterocycles. The fraction of sp³-hybridized carbons (Fsp3) is 0.250. The van der Waals surface area contributed by atoms with E-state index in [1.54, 1.807) is 17.1 Å². The summed E-state index contributed by atoms with van der Waals surface area (Å²) in [6.07, 6.45) is 9.89. The summed E-state index contributed by atoms with van der Waals surface area (Å²) in [5.74, 6) is -0.0919. The first-order valence-corrected chi connectivity index (χ1v) is 8.63. The predicted octanol–water partition coefficient (Wildman–Crippen LogP) is 3.46. The topological polar surface area (TPSA) is 59.8 Å². The molecule has 0 saturated carbocycles. The molecule has 0 spiro atoms. The van der Waals surface area contributed by atoms with E-state index in [1.807, 2.05) is 36.5 Å². The summed E-state index contributed by atoms with van der Waals surface area (Å²) in [6, 6.07) is 11.8. The molecule has 0 radical (unpaired) electrons. The number of hydrogen-bond donors (Lipinski definition) is 1. The molecule has 4 rings (SSSR count). The molecule has 0 atom stereocenters. The third-order valence-electron chi connectivity index (χ3n) is 4.55. The van der Waals surface area contributed by atoms with Crippen LogP contribution in [0.1, 0.15) is 40.0 Å². The highest BCUT2D eigenvalue weighted by atomic mass is 16.1. The fourth-order valence-corrected chi connectivity index (χ4v) is 3.25. The van der Waals surface area contributed by atoms with E-state index in [0.717, 1.165) is 18.5 Å². The van der Waals surface area contributed by atoms with Gasteiger partial charge in [0.2, 0.25) is 0 Å². The summed E-state index contributed by atoms with van der Waals surface area (Å²) in [5, 5.41) is 7.22. The Hall–Kier alpha value is -2.95. The molecule has 126 valence electrons. The van der Waals surface area contributed by atoms with Gasteiger partial charge < -0.3 is 5.32 Å². The number of benzene rings is 1. The van der Waals surface area contributed by atoms with Gasteiger partial charge in [0.05, 0.1) is 24.1 Å². The number of pyridine rings is 1. The van der Waals surface area contributed by atoms with Crippen molar-refractivity contribution in [3.05, 3.63) is 77.4 Å². The van der Waals surface area contributed by atoms with E-state index in [2.05, 4.69) is 21.5 Å². The van der Waals surface area contributed by atoms with Gasteiger partial charge in [-0.2, -0.15) is 5.10 Å². The number of hydrogen-bond acceptors (Lipinski definition) is 3. The van der Waals surface area contributed by atoms with Crippen molar-refractivity contribution >= 4 is 11.6 Å². The Kier molecular flexibility index (Phi) is 4.29. The van der Waals surface area contributed by atoms with Crippen molar-refractivity contribution in [3.63, 3.8) is 0 Å². The first kappa shape index (κ1) is 15.6. The van der Waals surface area contributed by atoms with Crippen molar-refractivity contribution in [3.8, 4) is 0 Å². The molecule has 0 saturated heterocycles. The largest absolute Gasteiger partial charge is 0.319 e. The van der Waals surface area contributed by atoms with E-state index in [-0.39, 0.29) is 5.91 Å². The first-order chi connectivity index (χ1) is 12.3. The van der Waals surface area contributed by atoms with Gasteiger partial charge in [0.25, 0.3) is 5.91 Å². The summed E-state index contributed by atoms with van der Waals surface area (Å²) < 4.78 is 1.77. The monoisotopic (exact) mass is 332 g/mol. The molecule has 3 aromatic rings. The van der Waals surface area contributed by atoms with Crippen LogP contribution < -0.4 is 5.32 Å². The number of aromatic nitrogens is 3. The van der Waals surface area contributed by atoms with Crippen LogP contribution in [0.3, 0.4) is 0 Å². The minimum absolute atomic E-state index is 0.0919. The molecular formula is C20H20N4O. The highest BCUT2D eigenvalue weighted by Crippen LogP contribution is 2.22. The molecule has 1 aliphatic carbocycles. The number of amides is 1. The van der Waals surface area contributed by atoms with Gasteiger partial charge in [0.15, 0.2) is 0 Å². The van der Waals surface area contributed by atoms with Crippen molar-refractivity contribution in [1.82, 2.24) is 14.8 Å². The SMILES string of the molecule is O=C(Nc1cnn(Cc2ccccn2)c1)c1ccc2c(c1)CCCC2. The summed E-state index contributed by atoms with van der Waals surface area (Å²) in [4.78, 5) is 16.8. The van der Waals surface area contributed by atoms with Crippen molar-refractivity contribution in [2.45, 2.75) is 32.2 Å². The van der Waals surface area contributed by atoms with E-state index >= 15 is 0 Å². The molecule has 1 aromatic carbocycles. The van der Waals surface area contributed by atoms with Crippen LogP contribution in [0.5, 0.6) is 0 Å². The predicted molar refractivity (Wildman–Crippen MR) is 96.6 cm³/mol. The number of fused-ring (bicyclic) bond motifs is 1. The molecule has 1 aliphatic rings. The van der Waals surface area contributed by atoms with Gasteiger partial charge >= 0.3 is 0 Å². The Morgan fingerprint density at radius 2 is 2.00 bits per heavy atom. The fourth-order valence-electron chi connectivity index (χ4n) is 3.25. The zero-order valence-electron chi connectivity index (χ0n) is 14.0. The van der Waals surface area contributed by atoms with E-state index < -0.39 is 0 Å². The number of nitrogens with one attached hydrogen (secondary N) is 1. The number of aryl methyl sites for hydroxylation is 2. The average molecular weight is 332 g/mol. The van der Waals surface area contributed by atoms with Crippen LogP contribution >= 0.6 is 0 Å². The van der Waals surface area contributed by atoms with Gasteiger partial charge in [0, 0.05) is 18.0 Å². The highest BCUT2D eigenvalue weighted by molar-refractivity contribution is 6.04. The molecule has 0 unspecified atom stereocenters. The maximum Gasteiger partial charge on any atom is 0.255 e. The van der Waals surface area contributed by atoms with Crippen LogP contribution in [0.2, 0.25) is 0 Å².